The Morgan fingerprint density at radius 2 is 2.03 bits per heavy atom. The number of carbonyl (C=O) groups is 1. The molecule has 8 heteroatoms. The predicted molar refractivity (Wildman–Crippen MR) is 110 cm³/mol. The van der Waals surface area contributed by atoms with E-state index in [1.807, 2.05) is 17.5 Å². The summed E-state index contributed by atoms with van der Waals surface area (Å²) in [6.07, 6.45) is -1.13. The molecule has 3 rings (SSSR count). The number of thiazole rings is 1. The summed E-state index contributed by atoms with van der Waals surface area (Å²) < 4.78 is 25.1. The number of aromatic nitrogens is 1. The summed E-state index contributed by atoms with van der Waals surface area (Å²) in [6, 6.07) is 11.8. The first kappa shape index (κ1) is 21.2. The van der Waals surface area contributed by atoms with Gasteiger partial charge in [-0.3, -0.25) is 0 Å². The first-order valence-corrected chi connectivity index (χ1v) is 10.2. The summed E-state index contributed by atoms with van der Waals surface area (Å²) >= 11 is 7.39. The van der Waals surface area contributed by atoms with E-state index in [4.69, 9.17) is 26.2 Å². The van der Waals surface area contributed by atoms with Gasteiger partial charge >= 0.3 is 5.97 Å². The van der Waals surface area contributed by atoms with E-state index in [0.29, 0.717) is 10.8 Å². The molecule has 1 heterocycles. The lowest BCUT2D eigenvalue weighted by molar-refractivity contribution is -0.150. The van der Waals surface area contributed by atoms with Gasteiger partial charge in [0.25, 0.3) is 0 Å². The molecule has 0 aliphatic carbocycles. The van der Waals surface area contributed by atoms with E-state index >= 15 is 0 Å². The summed E-state index contributed by atoms with van der Waals surface area (Å²) in [6.45, 7) is 2.13. The minimum atomic E-state index is -1.12. The normalized spacial score (nSPS) is 12.0. The molecule has 3 aromatic rings. The largest absolute Gasteiger partial charge is 0.487 e. The van der Waals surface area contributed by atoms with Crippen LogP contribution in [0.4, 0.5) is 4.39 Å². The maximum Gasteiger partial charge on any atom is 0.333 e. The molecule has 5 nitrogen and oxygen atoms in total. The third kappa shape index (κ3) is 5.76. The van der Waals surface area contributed by atoms with Crippen LogP contribution in [0.1, 0.15) is 18.2 Å². The number of hydrogen-bond acceptors (Lipinski definition) is 5. The third-order valence-corrected chi connectivity index (χ3v) is 5.29. The molecule has 0 bridgehead atoms. The van der Waals surface area contributed by atoms with Gasteiger partial charge in [-0.25, -0.2) is 14.2 Å². The molecule has 0 aliphatic rings. The highest BCUT2D eigenvalue weighted by Gasteiger charge is 2.20. The molecule has 1 unspecified atom stereocenters. The van der Waals surface area contributed by atoms with Gasteiger partial charge in [0.15, 0.2) is 6.10 Å². The number of aliphatic carboxylic acids is 1. The topological polar surface area (TPSA) is 68.7 Å². The van der Waals surface area contributed by atoms with Crippen LogP contribution in [0.25, 0.3) is 10.6 Å². The third-order valence-electron chi connectivity index (χ3n) is 4.10. The molecule has 1 atom stereocenters. The fourth-order valence-corrected chi connectivity index (χ4v) is 3.59. The fraction of sp³-hybridized carbons (Fsp3) is 0.238. The van der Waals surface area contributed by atoms with E-state index in [9.17, 15) is 9.18 Å². The van der Waals surface area contributed by atoms with Crippen molar-refractivity contribution in [3.05, 3.63) is 69.9 Å². The van der Waals surface area contributed by atoms with Crippen LogP contribution >= 0.6 is 22.9 Å². The Balaban J connectivity index is 1.62. The number of nitrogens with zero attached hydrogens (tertiary/aromatic N) is 1. The molecule has 0 aliphatic heterocycles. The van der Waals surface area contributed by atoms with Crippen LogP contribution in [-0.4, -0.2) is 28.8 Å². The SMILES string of the molecule is CCOC(Cc1ccc(OCc2csc(-c3ccc(Cl)cc3)n2)cc1F)C(=O)O. The molecule has 1 aromatic heterocycles. The van der Waals surface area contributed by atoms with Crippen molar-refractivity contribution in [2.75, 3.05) is 6.61 Å². The Bertz CT molecular complexity index is 977. The summed E-state index contributed by atoms with van der Waals surface area (Å²) in [7, 11) is 0. The van der Waals surface area contributed by atoms with E-state index in [0.717, 1.165) is 16.3 Å². The number of carboxylic acids is 1. The molecule has 152 valence electrons. The van der Waals surface area contributed by atoms with Gasteiger partial charge in [-0.05, 0) is 30.7 Å². The Labute approximate surface area is 176 Å². The average molecular weight is 436 g/mol. The molecule has 1 N–H and O–H groups in total. The van der Waals surface area contributed by atoms with Gasteiger partial charge in [-0.2, -0.15) is 0 Å². The second-order valence-corrected chi connectivity index (χ2v) is 7.47. The van der Waals surface area contributed by atoms with Gasteiger partial charge in [0.2, 0.25) is 0 Å². The van der Waals surface area contributed by atoms with Crippen LogP contribution in [0.5, 0.6) is 5.75 Å². The van der Waals surface area contributed by atoms with Gasteiger partial charge in [0.05, 0.1) is 5.69 Å². The monoisotopic (exact) mass is 435 g/mol. The van der Waals surface area contributed by atoms with E-state index in [1.54, 1.807) is 25.1 Å². The molecule has 0 amide bonds. The van der Waals surface area contributed by atoms with Crippen molar-refractivity contribution >= 4 is 28.9 Å². The van der Waals surface area contributed by atoms with Crippen molar-refractivity contribution in [1.29, 1.82) is 0 Å². The molecule has 2 aromatic carbocycles. The second-order valence-electron chi connectivity index (χ2n) is 6.18. The minimum absolute atomic E-state index is 0.0498. The van der Waals surface area contributed by atoms with Gasteiger partial charge in [-0.1, -0.05) is 29.8 Å². The smallest absolute Gasteiger partial charge is 0.333 e. The van der Waals surface area contributed by atoms with Crippen LogP contribution in [0.3, 0.4) is 0 Å². The molecular formula is C21H19ClFNO4S. The van der Waals surface area contributed by atoms with Crippen molar-refractivity contribution in [2.45, 2.75) is 26.1 Å². The molecule has 0 fully saturated rings. The highest BCUT2D eigenvalue weighted by molar-refractivity contribution is 7.13. The minimum Gasteiger partial charge on any atom is -0.487 e. The van der Waals surface area contributed by atoms with Crippen LogP contribution < -0.4 is 4.74 Å². The highest BCUT2D eigenvalue weighted by atomic mass is 35.5. The van der Waals surface area contributed by atoms with E-state index in [1.165, 1.54) is 23.5 Å². The van der Waals surface area contributed by atoms with E-state index < -0.39 is 17.9 Å². The lowest BCUT2D eigenvalue weighted by Crippen LogP contribution is -2.26. The number of benzene rings is 2. The Hall–Kier alpha value is -2.48. The number of ether oxygens (including phenoxy) is 2. The summed E-state index contributed by atoms with van der Waals surface area (Å²) in [5.41, 5.74) is 1.95. The Morgan fingerprint density at radius 1 is 1.28 bits per heavy atom. The van der Waals surface area contributed by atoms with Gasteiger partial charge in [0, 0.05) is 35.1 Å². The first-order chi connectivity index (χ1) is 14.0. The molecule has 0 spiro atoms. The molecule has 0 saturated carbocycles. The first-order valence-electron chi connectivity index (χ1n) is 8.92. The van der Waals surface area contributed by atoms with Crippen molar-refractivity contribution in [3.8, 4) is 16.3 Å². The number of carboxylic acid groups (broad SMARTS) is 1. The van der Waals surface area contributed by atoms with E-state index in [-0.39, 0.29) is 25.2 Å². The van der Waals surface area contributed by atoms with Crippen LogP contribution in [-0.2, 0) is 22.6 Å². The van der Waals surface area contributed by atoms with Crippen molar-refractivity contribution in [1.82, 2.24) is 4.98 Å². The zero-order chi connectivity index (χ0) is 20.8. The Kier molecular flexibility index (Phi) is 7.19. The lowest BCUT2D eigenvalue weighted by atomic mass is 10.1. The zero-order valence-corrected chi connectivity index (χ0v) is 17.2. The van der Waals surface area contributed by atoms with Gasteiger partial charge in [-0.15, -0.1) is 11.3 Å². The van der Waals surface area contributed by atoms with Crippen molar-refractivity contribution < 1.29 is 23.8 Å². The summed E-state index contributed by atoms with van der Waals surface area (Å²) in [5, 5.41) is 12.5. The number of rotatable bonds is 9. The van der Waals surface area contributed by atoms with Crippen LogP contribution in [0.2, 0.25) is 5.02 Å². The highest BCUT2D eigenvalue weighted by Crippen LogP contribution is 2.26. The van der Waals surface area contributed by atoms with Crippen molar-refractivity contribution in [3.63, 3.8) is 0 Å². The summed E-state index contributed by atoms with van der Waals surface area (Å²) in [5.74, 6) is -1.31. The quantitative estimate of drug-likeness (QED) is 0.499. The second kappa shape index (κ2) is 9.82. The molecular weight excluding hydrogens is 417 g/mol. The fourth-order valence-electron chi connectivity index (χ4n) is 2.66. The zero-order valence-electron chi connectivity index (χ0n) is 15.6. The lowest BCUT2D eigenvalue weighted by Gasteiger charge is -2.13. The number of hydrogen-bond donors (Lipinski definition) is 1. The van der Waals surface area contributed by atoms with Crippen molar-refractivity contribution in [2.24, 2.45) is 0 Å². The maximum atomic E-state index is 14.3. The maximum absolute atomic E-state index is 14.3. The molecule has 29 heavy (non-hydrogen) atoms. The number of halogens is 2. The van der Waals surface area contributed by atoms with Crippen LogP contribution in [0.15, 0.2) is 47.8 Å². The predicted octanol–water partition coefficient (Wildman–Crippen LogP) is 5.21. The van der Waals surface area contributed by atoms with Gasteiger partial charge in [0.1, 0.15) is 23.2 Å². The summed E-state index contributed by atoms with van der Waals surface area (Å²) in [4.78, 5) is 15.7. The van der Waals surface area contributed by atoms with Crippen LogP contribution in [0, 0.1) is 5.82 Å². The van der Waals surface area contributed by atoms with Gasteiger partial charge < -0.3 is 14.6 Å². The molecule has 0 radical (unpaired) electrons. The Morgan fingerprint density at radius 3 is 2.69 bits per heavy atom. The van der Waals surface area contributed by atoms with E-state index in [2.05, 4.69) is 4.98 Å². The molecule has 0 saturated heterocycles. The average Bonchev–Trinajstić information content (AvgIpc) is 3.17. The standard InChI is InChI=1S/C21H19ClFNO4S/c1-2-27-19(21(25)26)9-14-5-8-17(10-18(14)23)28-11-16-12-29-20(24-16)13-3-6-15(22)7-4-13/h3-8,10,12,19H,2,9,11H2,1H3,(H,25,26).